The summed E-state index contributed by atoms with van der Waals surface area (Å²) in [6.45, 7) is 7.80. The number of benzene rings is 1. The van der Waals surface area contributed by atoms with Crippen molar-refractivity contribution in [2.75, 3.05) is 19.4 Å². The molecular weight excluding hydrogens is 341 g/mol. The third-order valence-corrected chi connectivity index (χ3v) is 5.31. The van der Waals surface area contributed by atoms with Crippen molar-refractivity contribution in [2.45, 2.75) is 32.9 Å². The van der Waals surface area contributed by atoms with Crippen molar-refractivity contribution in [3.8, 4) is 0 Å². The third-order valence-electron chi connectivity index (χ3n) is 3.20. The minimum Gasteiger partial charge on any atom is -0.445 e. The van der Waals surface area contributed by atoms with Crippen LogP contribution in [0.3, 0.4) is 0 Å². The Bertz CT molecular complexity index is 603. The van der Waals surface area contributed by atoms with Gasteiger partial charge in [-0.3, -0.25) is 4.57 Å². The smallest absolute Gasteiger partial charge is 0.407 e. The van der Waals surface area contributed by atoms with Crippen molar-refractivity contribution in [3.05, 3.63) is 54.3 Å². The molecule has 0 aliphatic carbocycles. The summed E-state index contributed by atoms with van der Waals surface area (Å²) in [6.07, 6.45) is 1.56. The molecule has 1 atom stereocenters. The fraction of sp³-hybridized carbons (Fsp3) is 0.444. The maximum Gasteiger partial charge on any atom is 0.407 e. The summed E-state index contributed by atoms with van der Waals surface area (Å²) in [7, 11) is -3.16. The van der Waals surface area contributed by atoms with Gasteiger partial charge in [0.1, 0.15) is 6.61 Å². The van der Waals surface area contributed by atoms with Crippen molar-refractivity contribution in [1.29, 1.82) is 0 Å². The first-order chi connectivity index (χ1) is 12.0. The minimum absolute atomic E-state index is 0.174. The van der Waals surface area contributed by atoms with Crippen LogP contribution in [0.1, 0.15) is 25.8 Å². The Morgan fingerprint density at radius 2 is 1.92 bits per heavy atom. The van der Waals surface area contributed by atoms with E-state index in [9.17, 15) is 9.36 Å². The van der Waals surface area contributed by atoms with Gasteiger partial charge in [0.25, 0.3) is 0 Å². The molecule has 25 heavy (non-hydrogen) atoms. The molecule has 0 aliphatic heterocycles. The fourth-order valence-corrected chi connectivity index (χ4v) is 3.83. The van der Waals surface area contributed by atoms with E-state index in [4.69, 9.17) is 13.8 Å². The third kappa shape index (κ3) is 8.71. The molecule has 0 aromatic heterocycles. The van der Waals surface area contributed by atoms with Gasteiger partial charge in [-0.2, -0.15) is 0 Å². The zero-order valence-corrected chi connectivity index (χ0v) is 15.7. The lowest BCUT2D eigenvalue weighted by Gasteiger charge is -2.20. The average molecular weight is 367 g/mol. The largest absolute Gasteiger partial charge is 0.445 e. The topological polar surface area (TPSA) is 73.9 Å². The molecule has 1 unspecified atom stereocenters. The van der Waals surface area contributed by atoms with Crippen molar-refractivity contribution >= 4 is 13.7 Å². The number of nitrogens with one attached hydrogen (secondary N) is 1. The number of amides is 1. The molecule has 1 amide bonds. The van der Waals surface area contributed by atoms with Gasteiger partial charge < -0.3 is 19.1 Å². The second-order valence-electron chi connectivity index (χ2n) is 5.14. The number of rotatable bonds is 11. The maximum atomic E-state index is 12.5. The van der Waals surface area contributed by atoms with Crippen molar-refractivity contribution in [3.63, 3.8) is 0 Å². The SMILES string of the molecule is C=C=CC(CCP(=O)(OCC)OCC)NC(=O)OCc1ccccc1. The van der Waals surface area contributed by atoms with Crippen molar-refractivity contribution in [2.24, 2.45) is 0 Å². The number of alkyl carbamates (subject to hydrolysis) is 1. The Morgan fingerprint density at radius 3 is 2.48 bits per heavy atom. The summed E-state index contributed by atoms with van der Waals surface area (Å²) in [5.74, 6) is 0. The molecular formula is C18H26NO5P. The lowest BCUT2D eigenvalue weighted by atomic mass is 10.2. The summed E-state index contributed by atoms with van der Waals surface area (Å²) >= 11 is 0. The summed E-state index contributed by atoms with van der Waals surface area (Å²) < 4.78 is 28.2. The fourth-order valence-electron chi connectivity index (χ4n) is 2.11. The summed E-state index contributed by atoms with van der Waals surface area (Å²) in [4.78, 5) is 11.9. The Labute approximate surface area is 149 Å². The van der Waals surface area contributed by atoms with Gasteiger partial charge in [0, 0.05) is 0 Å². The van der Waals surface area contributed by atoms with Crippen LogP contribution in [0.15, 0.2) is 48.7 Å². The van der Waals surface area contributed by atoms with Crippen LogP contribution in [0, 0.1) is 0 Å². The number of hydrogen-bond donors (Lipinski definition) is 1. The van der Waals surface area contributed by atoms with Gasteiger partial charge in [-0.15, -0.1) is 5.73 Å². The molecule has 0 fully saturated rings. The second kappa shape index (κ2) is 11.7. The van der Waals surface area contributed by atoms with E-state index < -0.39 is 19.7 Å². The van der Waals surface area contributed by atoms with E-state index in [0.29, 0.717) is 19.6 Å². The number of carbonyl (C=O) groups excluding carboxylic acids is 1. The number of ether oxygens (including phenoxy) is 1. The van der Waals surface area contributed by atoms with Gasteiger partial charge >= 0.3 is 13.7 Å². The van der Waals surface area contributed by atoms with E-state index in [0.717, 1.165) is 5.56 Å². The summed E-state index contributed by atoms with van der Waals surface area (Å²) in [5, 5.41) is 2.69. The predicted octanol–water partition coefficient (Wildman–Crippen LogP) is 4.28. The molecule has 0 radical (unpaired) electrons. The first-order valence-electron chi connectivity index (χ1n) is 8.24. The quantitative estimate of drug-likeness (QED) is 0.467. The number of hydrogen-bond acceptors (Lipinski definition) is 5. The Balaban J connectivity index is 2.53. The molecule has 0 bridgehead atoms. The van der Waals surface area contributed by atoms with Crippen LogP contribution < -0.4 is 5.32 Å². The first kappa shape index (κ1) is 21.2. The van der Waals surface area contributed by atoms with Gasteiger partial charge in [-0.05, 0) is 31.9 Å². The molecule has 7 heteroatoms. The van der Waals surface area contributed by atoms with Gasteiger partial charge in [0.05, 0.1) is 25.4 Å². The summed E-state index contributed by atoms with van der Waals surface area (Å²) in [5.41, 5.74) is 3.52. The molecule has 138 valence electrons. The standard InChI is InChI=1S/C18H26NO5P/c1-4-10-17(13-14-25(21,23-5-2)24-6-3)19-18(20)22-15-16-11-8-7-9-12-16/h7-12,17H,1,5-6,13-15H2,2-3H3,(H,19,20). The molecule has 0 saturated heterocycles. The van der Waals surface area contributed by atoms with Crippen LogP contribution in [-0.4, -0.2) is 31.5 Å². The predicted molar refractivity (Wildman–Crippen MR) is 97.6 cm³/mol. The second-order valence-corrected chi connectivity index (χ2v) is 7.33. The van der Waals surface area contributed by atoms with E-state index in [1.807, 2.05) is 30.3 Å². The van der Waals surface area contributed by atoms with Crippen LogP contribution in [0.2, 0.25) is 0 Å². The molecule has 1 aromatic carbocycles. The molecule has 0 heterocycles. The van der Waals surface area contributed by atoms with Gasteiger partial charge in [0.15, 0.2) is 0 Å². The van der Waals surface area contributed by atoms with E-state index >= 15 is 0 Å². The van der Waals surface area contributed by atoms with E-state index in [1.165, 1.54) is 0 Å². The van der Waals surface area contributed by atoms with Crippen LogP contribution in [0.25, 0.3) is 0 Å². The molecule has 0 aliphatic rings. The zero-order valence-electron chi connectivity index (χ0n) is 14.8. The van der Waals surface area contributed by atoms with E-state index in [-0.39, 0.29) is 12.8 Å². The highest BCUT2D eigenvalue weighted by Gasteiger charge is 2.25. The minimum atomic E-state index is -3.16. The first-order valence-corrected chi connectivity index (χ1v) is 9.97. The molecule has 1 rings (SSSR count). The number of carbonyl (C=O) groups is 1. The van der Waals surface area contributed by atoms with Gasteiger partial charge in [-0.25, -0.2) is 4.79 Å². The Hall–Kier alpha value is -1.84. The molecule has 1 aromatic rings. The highest BCUT2D eigenvalue weighted by Crippen LogP contribution is 2.48. The molecule has 0 saturated carbocycles. The molecule has 6 nitrogen and oxygen atoms in total. The Morgan fingerprint density at radius 1 is 1.28 bits per heavy atom. The van der Waals surface area contributed by atoms with E-state index in [1.54, 1.807) is 19.9 Å². The molecule has 0 spiro atoms. The van der Waals surface area contributed by atoms with E-state index in [2.05, 4.69) is 17.6 Å². The summed E-state index contributed by atoms with van der Waals surface area (Å²) in [6, 6.07) is 8.96. The monoisotopic (exact) mass is 367 g/mol. The Kier molecular flexibility index (Phi) is 9.90. The van der Waals surface area contributed by atoms with Crippen molar-refractivity contribution in [1.82, 2.24) is 5.32 Å². The van der Waals surface area contributed by atoms with Gasteiger partial charge in [-0.1, -0.05) is 36.9 Å². The highest BCUT2D eigenvalue weighted by molar-refractivity contribution is 7.53. The van der Waals surface area contributed by atoms with Gasteiger partial charge in [0.2, 0.25) is 0 Å². The van der Waals surface area contributed by atoms with Crippen LogP contribution in [-0.2, 0) is 25.0 Å². The van der Waals surface area contributed by atoms with Crippen LogP contribution in [0.5, 0.6) is 0 Å². The maximum absolute atomic E-state index is 12.5. The van der Waals surface area contributed by atoms with Crippen molar-refractivity contribution < 1.29 is 23.1 Å². The lowest BCUT2D eigenvalue weighted by Crippen LogP contribution is -2.34. The normalized spacial score (nSPS) is 12.1. The van der Waals surface area contributed by atoms with Crippen LogP contribution in [0.4, 0.5) is 4.79 Å². The molecule has 1 N–H and O–H groups in total. The zero-order chi connectivity index (χ0) is 18.5. The lowest BCUT2D eigenvalue weighted by molar-refractivity contribution is 0.137. The highest BCUT2D eigenvalue weighted by atomic mass is 31.2. The average Bonchev–Trinajstić information content (AvgIpc) is 2.59. The van der Waals surface area contributed by atoms with Crippen LogP contribution >= 0.6 is 7.60 Å².